The summed E-state index contributed by atoms with van der Waals surface area (Å²) in [6.07, 6.45) is 1.48. The monoisotopic (exact) mass is 203 g/mol. The van der Waals surface area contributed by atoms with E-state index in [9.17, 15) is 0 Å². The quantitative estimate of drug-likeness (QED) is 0.575. The summed E-state index contributed by atoms with van der Waals surface area (Å²) in [4.78, 5) is 0. The Kier molecular flexibility index (Phi) is 3.21. The van der Waals surface area contributed by atoms with Gasteiger partial charge in [0, 0.05) is 11.1 Å². The maximum Gasteiger partial charge on any atom is 0.266 e. The lowest BCUT2D eigenvalue weighted by molar-refractivity contribution is -0.265. The van der Waals surface area contributed by atoms with Crippen molar-refractivity contribution >= 4 is 0 Å². The van der Waals surface area contributed by atoms with Crippen molar-refractivity contribution in [3.8, 4) is 0 Å². The van der Waals surface area contributed by atoms with Crippen molar-refractivity contribution in [2.45, 2.75) is 64.2 Å². The van der Waals surface area contributed by atoms with Crippen LogP contribution in [0.2, 0.25) is 0 Å². The zero-order valence-corrected chi connectivity index (χ0v) is 9.37. The van der Waals surface area contributed by atoms with Crippen LogP contribution in [0.3, 0.4) is 0 Å². The zero-order chi connectivity index (χ0) is 11.0. The van der Waals surface area contributed by atoms with Gasteiger partial charge in [-0.05, 0) is 40.5 Å². The predicted octanol–water partition coefficient (Wildman–Crippen LogP) is 0.580. The highest BCUT2D eigenvalue weighted by molar-refractivity contribution is 4.97. The number of ether oxygens (including phenoxy) is 1. The lowest BCUT2D eigenvalue weighted by Gasteiger charge is -2.46. The Labute approximate surface area is 85.3 Å². The van der Waals surface area contributed by atoms with E-state index in [1.807, 2.05) is 0 Å². The summed E-state index contributed by atoms with van der Waals surface area (Å²) in [5, 5.41) is 21.0. The fourth-order valence-corrected chi connectivity index (χ4v) is 2.50. The first-order chi connectivity index (χ1) is 6.20. The largest absolute Gasteiger partial charge is 0.346 e. The summed E-state index contributed by atoms with van der Waals surface area (Å²) in [7, 11) is 0. The maximum atomic E-state index is 8.76. The molecule has 1 heterocycles. The molecule has 0 spiro atoms. The van der Waals surface area contributed by atoms with Crippen LogP contribution in [-0.4, -0.2) is 33.9 Å². The smallest absolute Gasteiger partial charge is 0.266 e. The van der Waals surface area contributed by atoms with Crippen molar-refractivity contribution in [2.75, 3.05) is 0 Å². The third-order valence-electron chi connectivity index (χ3n) is 2.47. The summed E-state index contributed by atoms with van der Waals surface area (Å²) in [5.74, 6) is 0. The Morgan fingerprint density at radius 1 is 1.14 bits per heavy atom. The van der Waals surface area contributed by atoms with E-state index >= 15 is 0 Å². The van der Waals surface area contributed by atoms with Gasteiger partial charge in [-0.15, -0.1) is 0 Å². The molecule has 1 aliphatic rings. The molecule has 84 valence electrons. The second kappa shape index (κ2) is 3.77. The van der Waals surface area contributed by atoms with Crippen LogP contribution >= 0.6 is 0 Å². The van der Waals surface area contributed by atoms with Gasteiger partial charge in [-0.1, -0.05) is 0 Å². The van der Waals surface area contributed by atoms with Gasteiger partial charge in [0.1, 0.15) is 0 Å². The highest BCUT2D eigenvalue weighted by Crippen LogP contribution is 2.30. The third kappa shape index (κ3) is 3.53. The molecule has 1 rings (SSSR count). The van der Waals surface area contributed by atoms with E-state index in [1.165, 1.54) is 0 Å². The van der Waals surface area contributed by atoms with E-state index < -0.39 is 6.48 Å². The molecule has 0 atom stereocenters. The van der Waals surface area contributed by atoms with E-state index in [0.29, 0.717) is 0 Å². The molecule has 0 radical (unpaired) electrons. The Hall–Kier alpha value is -0.160. The van der Waals surface area contributed by atoms with Gasteiger partial charge in [0.2, 0.25) is 0 Å². The molecule has 0 aromatic carbocycles. The molecule has 4 heteroatoms. The molecule has 4 nitrogen and oxygen atoms in total. The molecule has 1 fully saturated rings. The van der Waals surface area contributed by atoms with Gasteiger partial charge in [0.25, 0.3) is 6.48 Å². The summed E-state index contributed by atoms with van der Waals surface area (Å²) < 4.78 is 5.03. The molecule has 3 N–H and O–H groups in total. The zero-order valence-electron chi connectivity index (χ0n) is 9.37. The van der Waals surface area contributed by atoms with Crippen LogP contribution in [0, 0.1) is 0 Å². The Bertz CT molecular complexity index is 186. The Morgan fingerprint density at radius 3 is 1.93 bits per heavy atom. The van der Waals surface area contributed by atoms with Crippen LogP contribution in [0.5, 0.6) is 0 Å². The molecule has 0 saturated carbocycles. The highest BCUT2D eigenvalue weighted by Gasteiger charge is 2.38. The normalized spacial score (nSPS) is 26.8. The molecule has 0 aromatic heterocycles. The lowest BCUT2D eigenvalue weighted by Crippen LogP contribution is -2.59. The Balaban J connectivity index is 2.62. The number of nitrogens with one attached hydrogen (secondary N) is 1. The summed E-state index contributed by atoms with van der Waals surface area (Å²) >= 11 is 0. The topological polar surface area (TPSA) is 61.7 Å². The second-order valence-electron chi connectivity index (χ2n) is 5.39. The first-order valence-corrected chi connectivity index (χ1v) is 5.01. The number of aliphatic hydroxyl groups excluding tert-OH is 1. The molecule has 0 amide bonds. The average molecular weight is 203 g/mol. The average Bonchev–Trinajstić information content (AvgIpc) is 1.74. The predicted molar refractivity (Wildman–Crippen MR) is 53.6 cm³/mol. The standard InChI is InChI=1S/C10H21NO3/c1-9(2)5-7(14-8(12)13)6-10(3,4)11-9/h7-8,11-13H,5-6H2,1-4H3. The first kappa shape index (κ1) is 11.9. The fraction of sp³-hybridized carbons (Fsp3) is 1.00. The Morgan fingerprint density at radius 2 is 1.57 bits per heavy atom. The van der Waals surface area contributed by atoms with Crippen LogP contribution in [0.4, 0.5) is 0 Å². The number of hydrogen-bond acceptors (Lipinski definition) is 4. The van der Waals surface area contributed by atoms with Crippen molar-refractivity contribution in [3.63, 3.8) is 0 Å². The fourth-order valence-electron chi connectivity index (χ4n) is 2.50. The van der Waals surface area contributed by atoms with Gasteiger partial charge in [-0.25, -0.2) is 0 Å². The molecular formula is C10H21NO3. The second-order valence-corrected chi connectivity index (χ2v) is 5.39. The van der Waals surface area contributed by atoms with E-state index in [2.05, 4.69) is 33.0 Å². The molecule has 0 aliphatic carbocycles. The lowest BCUT2D eigenvalue weighted by atomic mass is 9.81. The van der Waals surface area contributed by atoms with Crippen molar-refractivity contribution in [2.24, 2.45) is 0 Å². The van der Waals surface area contributed by atoms with Crippen molar-refractivity contribution < 1.29 is 14.9 Å². The number of rotatable bonds is 2. The van der Waals surface area contributed by atoms with Gasteiger partial charge in [0.05, 0.1) is 6.10 Å². The van der Waals surface area contributed by atoms with Gasteiger partial charge in [-0.3, -0.25) is 0 Å². The van der Waals surface area contributed by atoms with Gasteiger partial charge in [-0.2, -0.15) is 0 Å². The van der Waals surface area contributed by atoms with Crippen molar-refractivity contribution in [1.29, 1.82) is 0 Å². The van der Waals surface area contributed by atoms with Crippen LogP contribution in [0.1, 0.15) is 40.5 Å². The molecule has 1 saturated heterocycles. The maximum absolute atomic E-state index is 8.76. The van der Waals surface area contributed by atoms with Gasteiger partial charge >= 0.3 is 0 Å². The number of aliphatic hydroxyl groups is 2. The van der Waals surface area contributed by atoms with Crippen LogP contribution in [0.15, 0.2) is 0 Å². The first-order valence-electron chi connectivity index (χ1n) is 5.01. The number of piperidine rings is 1. The van der Waals surface area contributed by atoms with Crippen LogP contribution in [-0.2, 0) is 4.74 Å². The van der Waals surface area contributed by atoms with Crippen LogP contribution < -0.4 is 5.32 Å². The molecule has 14 heavy (non-hydrogen) atoms. The van der Waals surface area contributed by atoms with Gasteiger partial charge < -0.3 is 20.3 Å². The van der Waals surface area contributed by atoms with Crippen molar-refractivity contribution in [1.82, 2.24) is 5.32 Å². The summed E-state index contributed by atoms with van der Waals surface area (Å²) in [6.45, 7) is 6.70. The SMILES string of the molecule is CC1(C)CC(OC(O)O)CC(C)(C)N1. The molecule has 0 aromatic rings. The van der Waals surface area contributed by atoms with E-state index in [-0.39, 0.29) is 17.2 Å². The van der Waals surface area contributed by atoms with E-state index in [1.54, 1.807) is 0 Å². The summed E-state index contributed by atoms with van der Waals surface area (Å²) in [6, 6.07) is 0. The highest BCUT2D eigenvalue weighted by atomic mass is 16.7. The summed E-state index contributed by atoms with van der Waals surface area (Å²) in [5.41, 5.74) is -0.0530. The molecule has 0 unspecified atom stereocenters. The van der Waals surface area contributed by atoms with Crippen molar-refractivity contribution in [3.05, 3.63) is 0 Å². The minimum Gasteiger partial charge on any atom is -0.346 e. The number of hydrogen-bond donors (Lipinski definition) is 3. The molecule has 1 aliphatic heterocycles. The molecular weight excluding hydrogens is 182 g/mol. The molecule has 0 bridgehead atoms. The van der Waals surface area contributed by atoms with E-state index in [0.717, 1.165) is 12.8 Å². The van der Waals surface area contributed by atoms with Crippen LogP contribution in [0.25, 0.3) is 0 Å². The van der Waals surface area contributed by atoms with Gasteiger partial charge in [0.15, 0.2) is 0 Å². The third-order valence-corrected chi connectivity index (χ3v) is 2.47. The minimum absolute atomic E-state index is 0.0265. The minimum atomic E-state index is -1.66. The van der Waals surface area contributed by atoms with E-state index in [4.69, 9.17) is 14.9 Å².